The molecule has 0 heterocycles. The molecule has 0 fully saturated rings. The molecular weight excluding hydrogens is 257 g/mol. The highest BCUT2D eigenvalue weighted by molar-refractivity contribution is 5.88. The number of hydrogen-bond donors (Lipinski definition) is 2. The Labute approximate surface area is 91.5 Å². The zero-order valence-corrected chi connectivity index (χ0v) is 8.35. The fourth-order valence-electron chi connectivity index (χ4n) is 0.719. The van der Waals surface area contributed by atoms with E-state index in [1.54, 1.807) is 0 Å². The third-order valence-electron chi connectivity index (χ3n) is 1.58. The number of carboxylic acids is 1. The molecule has 10 heteroatoms. The van der Waals surface area contributed by atoms with Crippen LogP contribution in [0.5, 0.6) is 0 Å². The Kier molecular flexibility index (Phi) is 4.81. The van der Waals surface area contributed by atoms with E-state index in [1.165, 1.54) is 0 Å². The van der Waals surface area contributed by atoms with Gasteiger partial charge in [0.05, 0.1) is 6.61 Å². The molecule has 0 saturated heterocycles. The van der Waals surface area contributed by atoms with E-state index in [9.17, 15) is 31.5 Å². The summed E-state index contributed by atoms with van der Waals surface area (Å²) < 4.78 is 64.3. The first kappa shape index (κ1) is 15.6. The molecular formula is C7H8F5NO4. The molecule has 0 radical (unpaired) electrons. The molecule has 1 atom stereocenters. The first-order valence-electron chi connectivity index (χ1n) is 4.01. The molecule has 0 aliphatic carbocycles. The maximum Gasteiger partial charge on any atom is 0.463 e. The SMILES string of the molecule is COCC(NC(=O)C(F)(F)C(F)(F)F)C(=O)O. The van der Waals surface area contributed by atoms with Crippen molar-refractivity contribution in [2.75, 3.05) is 13.7 Å². The highest BCUT2D eigenvalue weighted by atomic mass is 19.4. The van der Waals surface area contributed by atoms with Crippen molar-refractivity contribution < 1.29 is 41.4 Å². The Morgan fingerprint density at radius 2 is 1.76 bits per heavy atom. The highest BCUT2D eigenvalue weighted by Crippen LogP contribution is 2.35. The van der Waals surface area contributed by atoms with E-state index in [4.69, 9.17) is 5.11 Å². The fourth-order valence-corrected chi connectivity index (χ4v) is 0.719. The number of nitrogens with one attached hydrogen (secondary N) is 1. The minimum atomic E-state index is -6.09. The third kappa shape index (κ3) is 3.80. The van der Waals surface area contributed by atoms with Crippen LogP contribution in [0.15, 0.2) is 0 Å². The van der Waals surface area contributed by atoms with Gasteiger partial charge in [-0.25, -0.2) is 4.79 Å². The molecule has 1 amide bonds. The van der Waals surface area contributed by atoms with Crippen molar-refractivity contribution in [3.63, 3.8) is 0 Å². The van der Waals surface area contributed by atoms with Crippen LogP contribution in [0.25, 0.3) is 0 Å². The van der Waals surface area contributed by atoms with E-state index >= 15 is 0 Å². The van der Waals surface area contributed by atoms with Crippen LogP contribution in [0.4, 0.5) is 22.0 Å². The van der Waals surface area contributed by atoms with Gasteiger partial charge in [-0.3, -0.25) is 4.79 Å². The standard InChI is InChI=1S/C7H8F5NO4/c1-17-2-3(4(14)15)13-5(16)6(8,9)7(10,11)12/h3H,2H2,1H3,(H,13,16)(H,14,15). The van der Waals surface area contributed by atoms with Gasteiger partial charge in [0.25, 0.3) is 0 Å². The van der Waals surface area contributed by atoms with Crippen molar-refractivity contribution in [1.29, 1.82) is 0 Å². The fraction of sp³-hybridized carbons (Fsp3) is 0.714. The number of rotatable bonds is 5. The van der Waals surface area contributed by atoms with Crippen molar-refractivity contribution in [3.8, 4) is 0 Å². The third-order valence-corrected chi connectivity index (χ3v) is 1.58. The van der Waals surface area contributed by atoms with E-state index in [2.05, 4.69) is 4.74 Å². The lowest BCUT2D eigenvalue weighted by Crippen LogP contribution is -2.55. The minimum Gasteiger partial charge on any atom is -0.480 e. The van der Waals surface area contributed by atoms with Crippen molar-refractivity contribution in [3.05, 3.63) is 0 Å². The first-order chi connectivity index (χ1) is 7.54. The van der Waals surface area contributed by atoms with Gasteiger partial charge >= 0.3 is 24.0 Å². The van der Waals surface area contributed by atoms with Gasteiger partial charge in [0, 0.05) is 7.11 Å². The van der Waals surface area contributed by atoms with Crippen LogP contribution < -0.4 is 5.32 Å². The first-order valence-corrected chi connectivity index (χ1v) is 4.01. The monoisotopic (exact) mass is 265 g/mol. The van der Waals surface area contributed by atoms with E-state index in [0.29, 0.717) is 0 Å². The number of hydrogen-bond acceptors (Lipinski definition) is 3. The van der Waals surface area contributed by atoms with Gasteiger partial charge in [-0.1, -0.05) is 0 Å². The topological polar surface area (TPSA) is 75.6 Å². The number of amides is 1. The predicted octanol–water partition coefficient (Wildman–Crippen LogP) is 0.400. The largest absolute Gasteiger partial charge is 0.480 e. The van der Waals surface area contributed by atoms with Crippen LogP contribution in [0, 0.1) is 0 Å². The Morgan fingerprint density at radius 1 is 1.29 bits per heavy atom. The lowest BCUT2D eigenvalue weighted by molar-refractivity contribution is -0.270. The number of ether oxygens (including phenoxy) is 1. The molecule has 0 aromatic heterocycles. The second-order valence-corrected chi connectivity index (χ2v) is 2.89. The predicted molar refractivity (Wildman–Crippen MR) is 42.4 cm³/mol. The number of aliphatic carboxylic acids is 1. The Bertz CT molecular complexity index is 303. The van der Waals surface area contributed by atoms with Gasteiger partial charge in [-0.15, -0.1) is 0 Å². The lowest BCUT2D eigenvalue weighted by atomic mass is 10.2. The molecule has 100 valence electrons. The summed E-state index contributed by atoms with van der Waals surface area (Å²) in [4.78, 5) is 21.0. The van der Waals surface area contributed by atoms with E-state index < -0.39 is 36.6 Å². The molecule has 5 nitrogen and oxygen atoms in total. The number of halogens is 5. The number of alkyl halides is 5. The minimum absolute atomic E-state index is 0.741. The van der Waals surface area contributed by atoms with Crippen LogP contribution in [0.3, 0.4) is 0 Å². The van der Waals surface area contributed by atoms with Crippen molar-refractivity contribution in [2.24, 2.45) is 0 Å². The van der Waals surface area contributed by atoms with Crippen molar-refractivity contribution in [1.82, 2.24) is 5.32 Å². The van der Waals surface area contributed by atoms with Gasteiger partial charge in [0.2, 0.25) is 0 Å². The average Bonchev–Trinajstić information content (AvgIpc) is 2.14. The van der Waals surface area contributed by atoms with E-state index in [-0.39, 0.29) is 0 Å². The summed E-state index contributed by atoms with van der Waals surface area (Å²) in [7, 11) is 0.990. The zero-order valence-electron chi connectivity index (χ0n) is 8.35. The Balaban J connectivity index is 4.78. The van der Waals surface area contributed by atoms with E-state index in [0.717, 1.165) is 12.4 Å². The molecule has 0 aromatic rings. The summed E-state index contributed by atoms with van der Waals surface area (Å²) >= 11 is 0. The number of methoxy groups -OCH3 is 1. The quantitative estimate of drug-likeness (QED) is 0.705. The maximum atomic E-state index is 12.4. The summed E-state index contributed by atoms with van der Waals surface area (Å²) in [5.41, 5.74) is 0. The normalized spacial score (nSPS) is 14.2. The number of carbonyl (C=O) groups excluding carboxylic acids is 1. The van der Waals surface area contributed by atoms with Crippen molar-refractivity contribution >= 4 is 11.9 Å². The Morgan fingerprint density at radius 3 is 2.06 bits per heavy atom. The Hall–Kier alpha value is -1.45. The number of carbonyl (C=O) groups is 2. The van der Waals surface area contributed by atoms with Crippen LogP contribution in [0.1, 0.15) is 0 Å². The van der Waals surface area contributed by atoms with Gasteiger partial charge in [-0.05, 0) is 0 Å². The van der Waals surface area contributed by atoms with E-state index in [1.807, 2.05) is 0 Å². The van der Waals surface area contributed by atoms with Crippen molar-refractivity contribution in [2.45, 2.75) is 18.1 Å². The molecule has 0 bridgehead atoms. The molecule has 2 N–H and O–H groups in total. The molecule has 0 saturated carbocycles. The molecule has 0 spiro atoms. The molecule has 0 aliphatic rings. The molecule has 0 rings (SSSR count). The average molecular weight is 265 g/mol. The summed E-state index contributed by atoms with van der Waals surface area (Å²) in [6, 6.07) is -1.99. The molecule has 0 aromatic carbocycles. The second kappa shape index (κ2) is 5.25. The van der Waals surface area contributed by atoms with Crippen LogP contribution in [-0.4, -0.2) is 48.8 Å². The maximum absolute atomic E-state index is 12.4. The van der Waals surface area contributed by atoms with Gasteiger partial charge < -0.3 is 15.2 Å². The van der Waals surface area contributed by atoms with Crippen LogP contribution in [-0.2, 0) is 14.3 Å². The summed E-state index contributed by atoms with van der Waals surface area (Å²) in [5.74, 6) is -10.2. The molecule has 17 heavy (non-hydrogen) atoms. The summed E-state index contributed by atoms with van der Waals surface area (Å²) in [6.45, 7) is -0.741. The summed E-state index contributed by atoms with van der Waals surface area (Å²) in [5, 5.41) is 9.43. The molecule has 0 aliphatic heterocycles. The molecule has 1 unspecified atom stereocenters. The second-order valence-electron chi connectivity index (χ2n) is 2.89. The zero-order chi connectivity index (χ0) is 13.9. The highest BCUT2D eigenvalue weighted by Gasteiger charge is 2.63. The van der Waals surface area contributed by atoms with Gasteiger partial charge in [0.1, 0.15) is 0 Å². The van der Waals surface area contributed by atoms with Gasteiger partial charge in [0.15, 0.2) is 6.04 Å². The van der Waals surface area contributed by atoms with Gasteiger partial charge in [-0.2, -0.15) is 22.0 Å². The smallest absolute Gasteiger partial charge is 0.463 e. The van der Waals surface area contributed by atoms with Crippen LogP contribution >= 0.6 is 0 Å². The number of carboxylic acid groups (broad SMARTS) is 1. The lowest BCUT2D eigenvalue weighted by Gasteiger charge is -2.21. The summed E-state index contributed by atoms with van der Waals surface area (Å²) in [6.07, 6.45) is -6.09. The van der Waals surface area contributed by atoms with Crippen LogP contribution in [0.2, 0.25) is 0 Å².